The molecule has 0 aliphatic rings. The average molecular weight is 661 g/mol. The molecule has 0 atom stereocenters. The summed E-state index contributed by atoms with van der Waals surface area (Å²) < 4.78 is 4.15. The van der Waals surface area contributed by atoms with Crippen molar-refractivity contribution in [3.8, 4) is 0 Å². The van der Waals surface area contributed by atoms with Gasteiger partial charge in [-0.2, -0.15) is 0 Å². The van der Waals surface area contributed by atoms with Crippen LogP contribution in [0.2, 0.25) is 0 Å². The van der Waals surface area contributed by atoms with Crippen LogP contribution in [-0.4, -0.2) is 37.7 Å². The second kappa shape index (κ2) is 23.5. The van der Waals surface area contributed by atoms with Gasteiger partial charge < -0.3 is 29.7 Å². The molecule has 0 bridgehead atoms. The van der Waals surface area contributed by atoms with Crippen LogP contribution < -0.4 is 15.3 Å². The summed E-state index contributed by atoms with van der Waals surface area (Å²) in [5.74, 6) is -3.45. The molecule has 10 heteroatoms. The SMILES string of the molecule is O=C([O-])C=CI.O=C([O-])C=CI.O=C([O-])C=CI.[Ga+3]. The van der Waals surface area contributed by atoms with Crippen molar-refractivity contribution in [2.75, 3.05) is 0 Å². The van der Waals surface area contributed by atoms with Gasteiger partial charge in [0.15, 0.2) is 0 Å². The van der Waals surface area contributed by atoms with Crippen LogP contribution in [0, 0.1) is 0 Å². The normalized spacial score (nSPS) is 9.00. The van der Waals surface area contributed by atoms with Gasteiger partial charge in [0.2, 0.25) is 0 Å². The van der Waals surface area contributed by atoms with E-state index in [1.165, 1.54) is 12.2 Å². The van der Waals surface area contributed by atoms with Crippen molar-refractivity contribution in [2.24, 2.45) is 0 Å². The Balaban J connectivity index is -0.0000000865. The van der Waals surface area contributed by atoms with E-state index in [4.69, 9.17) is 0 Å². The number of hydrogen-bond donors (Lipinski definition) is 0. The summed E-state index contributed by atoms with van der Waals surface area (Å²) in [5, 5.41) is 28.2. The largest absolute Gasteiger partial charge is 3.00 e. The zero-order chi connectivity index (χ0) is 15.0. The van der Waals surface area contributed by atoms with Crippen molar-refractivity contribution >= 4 is 105 Å². The smallest absolute Gasteiger partial charge is 0.545 e. The third-order valence-electron chi connectivity index (χ3n) is 0.597. The molecule has 0 heterocycles. The molecule has 0 aromatic rings. The van der Waals surface area contributed by atoms with E-state index in [2.05, 4.69) is 0 Å². The number of aliphatic carboxylic acids is 3. The monoisotopic (exact) mass is 660 g/mol. The first kappa shape index (κ1) is 27.7. The number of carboxylic acids is 3. The van der Waals surface area contributed by atoms with Gasteiger partial charge >= 0.3 is 19.8 Å². The molecule has 0 radical (unpaired) electrons. The molecule has 0 N–H and O–H groups in total. The van der Waals surface area contributed by atoms with Crippen molar-refractivity contribution in [2.45, 2.75) is 0 Å². The number of hydrogen-bond acceptors (Lipinski definition) is 6. The van der Waals surface area contributed by atoms with Crippen molar-refractivity contribution in [3.05, 3.63) is 30.5 Å². The predicted octanol–water partition coefficient (Wildman–Crippen LogP) is -1.33. The quantitative estimate of drug-likeness (QED) is 0.211. The fourth-order valence-corrected chi connectivity index (χ4v) is 1.04. The second-order valence-electron chi connectivity index (χ2n) is 1.84. The fourth-order valence-electron chi connectivity index (χ4n) is 0.154. The van der Waals surface area contributed by atoms with Gasteiger partial charge in [-0.1, -0.05) is 67.8 Å². The van der Waals surface area contributed by atoms with E-state index >= 15 is 0 Å². The predicted molar refractivity (Wildman–Crippen MR) is 90.3 cm³/mol. The summed E-state index contributed by atoms with van der Waals surface area (Å²) in [7, 11) is 0. The third-order valence-corrected chi connectivity index (χ3v) is 1.68. The van der Waals surface area contributed by atoms with Crippen molar-refractivity contribution < 1.29 is 29.7 Å². The molecule has 0 fully saturated rings. The van der Waals surface area contributed by atoms with Crippen LogP contribution in [0.5, 0.6) is 0 Å². The second-order valence-corrected chi connectivity index (χ2v) is 3.99. The first-order valence-electron chi connectivity index (χ1n) is 3.75. The van der Waals surface area contributed by atoms with Crippen LogP contribution in [0.4, 0.5) is 0 Å². The van der Waals surface area contributed by atoms with Crippen LogP contribution in [0.1, 0.15) is 0 Å². The van der Waals surface area contributed by atoms with Crippen molar-refractivity contribution in [1.29, 1.82) is 0 Å². The van der Waals surface area contributed by atoms with Crippen LogP contribution in [0.25, 0.3) is 0 Å². The Bertz CT molecular complexity index is 289. The van der Waals surface area contributed by atoms with Crippen molar-refractivity contribution in [1.82, 2.24) is 0 Å². The Labute approximate surface area is 163 Å². The molecule has 0 aromatic carbocycles. The average Bonchev–Trinajstić information content (AvgIpc) is 2.18. The van der Waals surface area contributed by atoms with Gasteiger partial charge in [0.05, 0.1) is 17.9 Å². The molecule has 0 aliphatic carbocycles. The Morgan fingerprint density at radius 3 is 0.789 bits per heavy atom. The van der Waals surface area contributed by atoms with Gasteiger partial charge in [-0.3, -0.25) is 0 Å². The number of rotatable bonds is 3. The summed E-state index contributed by atoms with van der Waals surface area (Å²) in [4.78, 5) is 28.2. The standard InChI is InChI=1S/3C3H3IO2.Ga/c3*4-2-1-3(5)6;/h3*1-2H,(H,5,6);/q;;;+3/p-3. The summed E-state index contributed by atoms with van der Waals surface area (Å²) in [6.07, 6.45) is 2.88. The molecule has 0 aromatic heterocycles. The molecule has 19 heavy (non-hydrogen) atoms. The molecule has 6 nitrogen and oxygen atoms in total. The van der Waals surface area contributed by atoms with E-state index in [1.54, 1.807) is 67.8 Å². The summed E-state index contributed by atoms with van der Waals surface area (Å²) >= 11 is 5.40. The maximum absolute atomic E-state index is 9.40. The number of carboxylic acid groups (broad SMARTS) is 3. The number of halogens is 3. The van der Waals surface area contributed by atoms with E-state index < -0.39 is 17.9 Å². The first-order chi connectivity index (χ1) is 8.31. The van der Waals surface area contributed by atoms with Crippen LogP contribution >= 0.6 is 67.8 Å². The van der Waals surface area contributed by atoms with E-state index in [0.29, 0.717) is 0 Å². The Morgan fingerprint density at radius 1 is 0.632 bits per heavy atom. The first-order valence-corrected chi connectivity index (χ1v) is 7.48. The topological polar surface area (TPSA) is 120 Å². The van der Waals surface area contributed by atoms with Crippen LogP contribution in [0.15, 0.2) is 30.5 Å². The summed E-state index contributed by atoms with van der Waals surface area (Å²) in [5.41, 5.74) is 0. The molecule has 0 saturated heterocycles. The minimum absolute atomic E-state index is 0. The molecule has 102 valence electrons. The van der Waals surface area contributed by atoms with Gasteiger partial charge in [-0.25, -0.2) is 0 Å². The van der Waals surface area contributed by atoms with Gasteiger partial charge in [0, 0.05) is 0 Å². The molecule has 0 aliphatic heterocycles. The van der Waals surface area contributed by atoms with Gasteiger partial charge in [0.25, 0.3) is 0 Å². The molecular weight excluding hydrogens is 655 g/mol. The Morgan fingerprint density at radius 2 is 0.789 bits per heavy atom. The molecule has 0 saturated carbocycles. The molecule has 0 rings (SSSR count). The van der Waals surface area contributed by atoms with Gasteiger partial charge in [0.1, 0.15) is 0 Å². The summed E-state index contributed by atoms with van der Waals surface area (Å²) in [6.45, 7) is 0. The number of carbonyl (C=O) groups is 3. The van der Waals surface area contributed by atoms with Gasteiger partial charge in [-0.15, -0.1) is 0 Å². The molecule has 0 amide bonds. The van der Waals surface area contributed by atoms with Gasteiger partial charge in [-0.05, 0) is 30.5 Å². The Kier molecular flexibility index (Phi) is 34.4. The zero-order valence-corrected chi connectivity index (χ0v) is 18.0. The Hall–Kier alpha value is 0.456. The maximum atomic E-state index is 9.40. The maximum Gasteiger partial charge on any atom is 3.00 e. The van der Waals surface area contributed by atoms with E-state index in [-0.39, 0.29) is 19.8 Å². The molecular formula is C9H6GaI3O6. The zero-order valence-electron chi connectivity index (χ0n) is 9.12. The van der Waals surface area contributed by atoms with E-state index in [1.807, 2.05) is 0 Å². The van der Waals surface area contributed by atoms with Crippen LogP contribution in [-0.2, 0) is 14.4 Å². The number of carbonyl (C=O) groups excluding carboxylic acids is 3. The van der Waals surface area contributed by atoms with Crippen LogP contribution in [0.3, 0.4) is 0 Å². The summed E-state index contributed by atoms with van der Waals surface area (Å²) in [6, 6.07) is 0. The van der Waals surface area contributed by atoms with Crippen molar-refractivity contribution in [3.63, 3.8) is 0 Å². The third kappa shape index (κ3) is 55.9. The fraction of sp³-hybridized carbons (Fsp3) is 0. The molecule has 0 unspecified atom stereocenters. The minimum Gasteiger partial charge on any atom is -0.545 e. The minimum atomic E-state index is -1.15. The van der Waals surface area contributed by atoms with E-state index in [9.17, 15) is 29.7 Å². The van der Waals surface area contributed by atoms with E-state index in [0.717, 1.165) is 18.2 Å². The molecule has 0 spiro atoms.